The Morgan fingerprint density at radius 2 is 1.52 bits per heavy atom. The van der Waals surface area contributed by atoms with Gasteiger partial charge in [0, 0.05) is 34.8 Å². The molecule has 27 heavy (non-hydrogen) atoms. The van der Waals surface area contributed by atoms with Crippen LogP contribution in [0.2, 0.25) is 0 Å². The van der Waals surface area contributed by atoms with E-state index >= 15 is 0 Å². The molecule has 4 rings (SSSR count). The predicted octanol–water partition coefficient (Wildman–Crippen LogP) is 4.04. The van der Waals surface area contributed by atoms with Gasteiger partial charge < -0.3 is 9.67 Å². The molecule has 0 saturated heterocycles. The quantitative estimate of drug-likeness (QED) is 0.418. The van der Waals surface area contributed by atoms with Crippen LogP contribution in [0, 0.1) is 0 Å². The lowest BCUT2D eigenvalue weighted by Crippen LogP contribution is -2.19. The Kier molecular flexibility index (Phi) is 4.58. The summed E-state index contributed by atoms with van der Waals surface area (Å²) in [6.07, 6.45) is 1.88. The van der Waals surface area contributed by atoms with Gasteiger partial charge in [0.1, 0.15) is 5.75 Å². The first-order valence-electron chi connectivity index (χ1n) is 8.79. The van der Waals surface area contributed by atoms with Crippen molar-refractivity contribution in [1.82, 2.24) is 9.99 Å². The molecule has 2 N–H and O–H groups in total. The number of para-hydroxylation sites is 2. The van der Waals surface area contributed by atoms with Crippen LogP contribution < -0.4 is 5.43 Å². The summed E-state index contributed by atoms with van der Waals surface area (Å²) in [5, 5.41) is 15.6. The number of phenolic OH excluding ortho intramolecular Hbond substituents is 1. The number of benzene rings is 3. The summed E-state index contributed by atoms with van der Waals surface area (Å²) in [5.74, 6) is 0.0502. The molecule has 0 atom stereocenters. The Morgan fingerprint density at radius 3 is 2.15 bits per heavy atom. The molecule has 0 radical (unpaired) electrons. The fourth-order valence-corrected chi connectivity index (χ4v) is 3.25. The van der Waals surface area contributed by atoms with E-state index < -0.39 is 0 Å². The van der Waals surface area contributed by atoms with Crippen molar-refractivity contribution in [1.29, 1.82) is 0 Å². The lowest BCUT2D eigenvalue weighted by molar-refractivity contribution is -0.121. The second-order valence-corrected chi connectivity index (χ2v) is 6.32. The Morgan fingerprint density at radius 1 is 0.926 bits per heavy atom. The number of aromatic nitrogens is 1. The van der Waals surface area contributed by atoms with E-state index in [9.17, 15) is 9.90 Å². The molecule has 0 aliphatic carbocycles. The Bertz CT molecular complexity index is 1070. The summed E-state index contributed by atoms with van der Waals surface area (Å²) >= 11 is 0. The Labute approximate surface area is 156 Å². The number of nitrogens with zero attached hydrogens (tertiary/aromatic N) is 2. The van der Waals surface area contributed by atoms with E-state index in [1.807, 2.05) is 24.3 Å². The van der Waals surface area contributed by atoms with Crippen LogP contribution in [0.1, 0.15) is 12.0 Å². The average Bonchev–Trinajstić information content (AvgIpc) is 3.02. The van der Waals surface area contributed by atoms with Gasteiger partial charge in [0.05, 0.1) is 6.21 Å². The van der Waals surface area contributed by atoms with E-state index in [0.717, 1.165) is 16.6 Å². The molecule has 0 spiro atoms. The van der Waals surface area contributed by atoms with Crippen LogP contribution in [0.3, 0.4) is 0 Å². The zero-order chi connectivity index (χ0) is 18.6. The van der Waals surface area contributed by atoms with E-state index in [1.165, 1.54) is 10.8 Å². The monoisotopic (exact) mass is 357 g/mol. The highest BCUT2D eigenvalue weighted by atomic mass is 16.3. The van der Waals surface area contributed by atoms with Crippen LogP contribution >= 0.6 is 0 Å². The number of amides is 1. The van der Waals surface area contributed by atoms with Crippen molar-refractivity contribution >= 4 is 33.9 Å². The van der Waals surface area contributed by atoms with Gasteiger partial charge in [0.15, 0.2) is 0 Å². The van der Waals surface area contributed by atoms with E-state index in [0.29, 0.717) is 13.0 Å². The maximum absolute atomic E-state index is 12.2. The molecular weight excluding hydrogens is 338 g/mol. The van der Waals surface area contributed by atoms with Crippen LogP contribution in [-0.4, -0.2) is 21.8 Å². The van der Waals surface area contributed by atoms with Crippen molar-refractivity contribution < 1.29 is 9.90 Å². The van der Waals surface area contributed by atoms with Crippen molar-refractivity contribution in [2.75, 3.05) is 0 Å². The number of hydrogen-bond donors (Lipinski definition) is 2. The normalized spacial score (nSPS) is 11.4. The highest BCUT2D eigenvalue weighted by Crippen LogP contribution is 2.28. The summed E-state index contributed by atoms with van der Waals surface area (Å²) in [7, 11) is 0. The van der Waals surface area contributed by atoms with Gasteiger partial charge in [-0.25, -0.2) is 5.43 Å². The van der Waals surface area contributed by atoms with Gasteiger partial charge in [-0.05, 0) is 42.0 Å². The molecule has 3 aromatic carbocycles. The molecule has 134 valence electrons. The minimum absolute atomic E-state index is 0.146. The molecule has 0 aliphatic heterocycles. The number of aryl methyl sites for hydroxylation is 1. The molecule has 0 unspecified atom stereocenters. The zero-order valence-electron chi connectivity index (χ0n) is 14.7. The highest BCUT2D eigenvalue weighted by Gasteiger charge is 2.10. The van der Waals surface area contributed by atoms with Gasteiger partial charge in [0.2, 0.25) is 5.91 Å². The molecule has 1 heterocycles. The van der Waals surface area contributed by atoms with Gasteiger partial charge in [-0.15, -0.1) is 0 Å². The van der Waals surface area contributed by atoms with Crippen molar-refractivity contribution in [2.24, 2.45) is 5.10 Å². The van der Waals surface area contributed by atoms with Gasteiger partial charge in [-0.1, -0.05) is 36.4 Å². The number of carbonyl (C=O) groups is 1. The lowest BCUT2D eigenvalue weighted by Gasteiger charge is -2.06. The molecule has 5 heteroatoms. The second-order valence-electron chi connectivity index (χ2n) is 6.32. The van der Waals surface area contributed by atoms with Crippen molar-refractivity contribution in [3.63, 3.8) is 0 Å². The second kappa shape index (κ2) is 7.33. The SMILES string of the molecule is O=C(CCn1c2ccccc2c2ccccc21)N/N=C/c1ccc(O)cc1. The maximum atomic E-state index is 12.2. The molecule has 4 aromatic rings. The highest BCUT2D eigenvalue weighted by molar-refractivity contribution is 6.08. The summed E-state index contributed by atoms with van der Waals surface area (Å²) in [5.41, 5.74) is 5.61. The van der Waals surface area contributed by atoms with E-state index in [4.69, 9.17) is 0 Å². The van der Waals surface area contributed by atoms with Gasteiger partial charge in [-0.3, -0.25) is 4.79 Å². The van der Waals surface area contributed by atoms with E-state index in [2.05, 4.69) is 39.4 Å². The fourth-order valence-electron chi connectivity index (χ4n) is 3.25. The standard InChI is InChI=1S/C22H19N3O2/c26-17-11-9-16(10-12-17)15-23-24-22(27)13-14-25-20-7-3-1-5-18(20)19-6-2-4-8-21(19)25/h1-12,15,26H,13-14H2,(H,24,27)/b23-15+. The van der Waals surface area contributed by atoms with Crippen molar-refractivity contribution in [3.8, 4) is 5.75 Å². The number of hydrogen-bond acceptors (Lipinski definition) is 3. The third kappa shape index (κ3) is 3.53. The lowest BCUT2D eigenvalue weighted by atomic mass is 10.2. The number of hydrazone groups is 1. The van der Waals surface area contributed by atoms with Crippen LogP contribution in [0.4, 0.5) is 0 Å². The van der Waals surface area contributed by atoms with Gasteiger partial charge in [-0.2, -0.15) is 5.10 Å². The van der Waals surface area contributed by atoms with E-state index in [-0.39, 0.29) is 11.7 Å². The minimum atomic E-state index is -0.146. The third-order valence-corrected chi connectivity index (χ3v) is 4.54. The third-order valence-electron chi connectivity index (χ3n) is 4.54. The van der Waals surface area contributed by atoms with Crippen LogP contribution in [0.5, 0.6) is 5.75 Å². The molecule has 0 fully saturated rings. The van der Waals surface area contributed by atoms with Crippen LogP contribution in [0.15, 0.2) is 77.9 Å². The maximum Gasteiger partial charge on any atom is 0.241 e. The minimum Gasteiger partial charge on any atom is -0.508 e. The number of fused-ring (bicyclic) bond motifs is 3. The Hall–Kier alpha value is -3.60. The van der Waals surface area contributed by atoms with Crippen LogP contribution in [0.25, 0.3) is 21.8 Å². The summed E-state index contributed by atoms with van der Waals surface area (Å²) in [6.45, 7) is 0.578. The number of nitrogens with one attached hydrogen (secondary N) is 1. The molecule has 1 aromatic heterocycles. The largest absolute Gasteiger partial charge is 0.508 e. The van der Waals surface area contributed by atoms with Crippen LogP contribution in [-0.2, 0) is 11.3 Å². The number of aromatic hydroxyl groups is 1. The smallest absolute Gasteiger partial charge is 0.241 e. The number of carbonyl (C=O) groups excluding carboxylic acids is 1. The summed E-state index contributed by atoms with van der Waals surface area (Å²) in [4.78, 5) is 12.2. The van der Waals surface area contributed by atoms with Crippen molar-refractivity contribution in [3.05, 3.63) is 78.4 Å². The van der Waals surface area contributed by atoms with Gasteiger partial charge >= 0.3 is 0 Å². The molecule has 5 nitrogen and oxygen atoms in total. The Balaban J connectivity index is 1.46. The molecule has 0 bridgehead atoms. The molecule has 1 amide bonds. The first-order valence-corrected chi connectivity index (χ1v) is 8.79. The molecule has 0 saturated carbocycles. The average molecular weight is 357 g/mol. The molecular formula is C22H19N3O2. The fraction of sp³-hybridized carbons (Fsp3) is 0.0909. The first kappa shape index (κ1) is 16.8. The van der Waals surface area contributed by atoms with Gasteiger partial charge in [0.25, 0.3) is 0 Å². The number of rotatable bonds is 5. The number of phenols is 1. The first-order chi connectivity index (χ1) is 13.2. The zero-order valence-corrected chi connectivity index (χ0v) is 14.7. The topological polar surface area (TPSA) is 66.6 Å². The predicted molar refractivity (Wildman–Crippen MR) is 108 cm³/mol. The summed E-state index contributed by atoms with van der Waals surface area (Å²) in [6, 6.07) is 23.1. The van der Waals surface area contributed by atoms with E-state index in [1.54, 1.807) is 30.5 Å². The summed E-state index contributed by atoms with van der Waals surface area (Å²) < 4.78 is 2.17. The molecule has 0 aliphatic rings. The van der Waals surface area contributed by atoms with Crippen molar-refractivity contribution in [2.45, 2.75) is 13.0 Å².